The van der Waals surface area contributed by atoms with Crippen LogP contribution in [0.3, 0.4) is 0 Å². The van der Waals surface area contributed by atoms with Crippen LogP contribution < -0.4 is 21.7 Å². The third-order valence-electron chi connectivity index (χ3n) is 5.58. The predicted octanol–water partition coefficient (Wildman–Crippen LogP) is 4.14. The van der Waals surface area contributed by atoms with Crippen molar-refractivity contribution in [2.45, 2.75) is 45.1 Å². The number of carbonyl (C=O) groups is 3. The third-order valence-corrected chi connectivity index (χ3v) is 5.58. The van der Waals surface area contributed by atoms with Gasteiger partial charge in [0.05, 0.1) is 12.5 Å². The molecule has 170 valence electrons. The van der Waals surface area contributed by atoms with Gasteiger partial charge in [0.1, 0.15) is 0 Å². The molecule has 2 aromatic carbocycles. The molecule has 1 aliphatic heterocycles. The number of amides is 5. The van der Waals surface area contributed by atoms with Crippen LogP contribution in [-0.2, 0) is 4.79 Å². The van der Waals surface area contributed by atoms with E-state index in [0.717, 1.165) is 49.9 Å². The van der Waals surface area contributed by atoms with Gasteiger partial charge in [-0.15, -0.1) is 0 Å². The number of primary amides is 1. The predicted molar refractivity (Wildman–Crippen MR) is 125 cm³/mol. The largest absolute Gasteiger partial charge is 0.352 e. The summed E-state index contributed by atoms with van der Waals surface area (Å²) in [5.74, 6) is -0.256. The fourth-order valence-corrected chi connectivity index (χ4v) is 3.90. The Morgan fingerprint density at radius 1 is 0.906 bits per heavy atom. The van der Waals surface area contributed by atoms with Gasteiger partial charge in [0.2, 0.25) is 5.91 Å². The monoisotopic (exact) mass is 437 g/mol. The zero-order valence-corrected chi connectivity index (χ0v) is 18.4. The summed E-state index contributed by atoms with van der Waals surface area (Å²) in [6.45, 7) is 3.48. The van der Waals surface area contributed by atoms with E-state index >= 15 is 0 Å². The van der Waals surface area contributed by atoms with Gasteiger partial charge >= 0.3 is 12.1 Å². The summed E-state index contributed by atoms with van der Waals surface area (Å²) in [6, 6.07) is 13.2. The Balaban J connectivity index is 1.57. The third kappa shape index (κ3) is 6.73. The van der Waals surface area contributed by atoms with Crippen LogP contribution in [0.4, 0.5) is 21.0 Å². The number of likely N-dealkylation sites (tertiary alicyclic amines) is 1. The normalized spacial score (nSPS) is 14.7. The minimum Gasteiger partial charge on any atom is -0.352 e. The van der Waals surface area contributed by atoms with E-state index in [2.05, 4.69) is 16.0 Å². The highest BCUT2D eigenvalue weighted by molar-refractivity contribution is 5.93. The molecular formula is C24H31N5O3. The highest BCUT2D eigenvalue weighted by Crippen LogP contribution is 2.22. The van der Waals surface area contributed by atoms with Gasteiger partial charge in [-0.3, -0.25) is 4.79 Å². The van der Waals surface area contributed by atoms with E-state index in [4.69, 9.17) is 5.73 Å². The standard InChI is InChI=1S/C24H31N5O3/c1-17-8-4-5-9-20(17)21(28-23(25)31)16-22(30)26-18-10-12-19(13-11-18)27-24(32)29-14-6-2-3-7-15-29/h4-5,8-13,21H,2-3,6-7,14-16H2,1H3,(H,26,30)(H,27,32)(H3,25,28,31). The van der Waals surface area contributed by atoms with Crippen molar-refractivity contribution >= 4 is 29.3 Å². The smallest absolute Gasteiger partial charge is 0.321 e. The summed E-state index contributed by atoms with van der Waals surface area (Å²) < 4.78 is 0. The van der Waals surface area contributed by atoms with E-state index in [1.807, 2.05) is 36.1 Å². The van der Waals surface area contributed by atoms with Crippen molar-refractivity contribution in [3.8, 4) is 0 Å². The van der Waals surface area contributed by atoms with Crippen LogP contribution in [0.25, 0.3) is 0 Å². The Morgan fingerprint density at radius 3 is 2.09 bits per heavy atom. The molecule has 8 heteroatoms. The van der Waals surface area contributed by atoms with E-state index in [0.29, 0.717) is 11.4 Å². The van der Waals surface area contributed by atoms with Gasteiger partial charge < -0.3 is 26.6 Å². The molecule has 0 radical (unpaired) electrons. The van der Waals surface area contributed by atoms with Crippen LogP contribution in [0.15, 0.2) is 48.5 Å². The lowest BCUT2D eigenvalue weighted by atomic mass is 9.98. The molecule has 0 bridgehead atoms. The molecule has 2 aromatic rings. The molecule has 5 N–H and O–H groups in total. The molecule has 0 aliphatic carbocycles. The van der Waals surface area contributed by atoms with Gasteiger partial charge in [0, 0.05) is 24.5 Å². The first kappa shape index (κ1) is 23.1. The topological polar surface area (TPSA) is 117 Å². The molecule has 1 saturated heterocycles. The lowest BCUT2D eigenvalue weighted by Crippen LogP contribution is -2.35. The van der Waals surface area contributed by atoms with Gasteiger partial charge in [-0.25, -0.2) is 9.59 Å². The Kier molecular flexibility index (Phi) is 8.08. The summed E-state index contributed by atoms with van der Waals surface area (Å²) in [6.07, 6.45) is 4.44. The fraction of sp³-hybridized carbons (Fsp3) is 0.375. The molecule has 3 rings (SSSR count). The molecule has 1 aliphatic rings. The molecule has 1 fully saturated rings. The molecule has 1 atom stereocenters. The van der Waals surface area contributed by atoms with Crippen molar-refractivity contribution in [3.05, 3.63) is 59.7 Å². The van der Waals surface area contributed by atoms with E-state index in [1.54, 1.807) is 24.3 Å². The summed E-state index contributed by atoms with van der Waals surface area (Å²) in [5, 5.41) is 8.39. The second-order valence-corrected chi connectivity index (χ2v) is 8.08. The van der Waals surface area contributed by atoms with Crippen molar-refractivity contribution < 1.29 is 14.4 Å². The van der Waals surface area contributed by atoms with Gasteiger partial charge in [-0.1, -0.05) is 37.1 Å². The Hall–Kier alpha value is -3.55. The van der Waals surface area contributed by atoms with Gasteiger partial charge in [-0.05, 0) is 55.2 Å². The van der Waals surface area contributed by atoms with Crippen LogP contribution in [0.1, 0.15) is 49.3 Å². The molecule has 0 spiro atoms. The first-order valence-corrected chi connectivity index (χ1v) is 11.0. The summed E-state index contributed by atoms with van der Waals surface area (Å²) in [4.78, 5) is 38.3. The van der Waals surface area contributed by atoms with E-state index in [-0.39, 0.29) is 18.4 Å². The van der Waals surface area contributed by atoms with E-state index < -0.39 is 12.1 Å². The average molecular weight is 438 g/mol. The minimum atomic E-state index is -0.685. The number of hydrogen-bond acceptors (Lipinski definition) is 3. The number of carbonyl (C=O) groups excluding carboxylic acids is 3. The molecule has 5 amide bonds. The molecule has 8 nitrogen and oxygen atoms in total. The summed E-state index contributed by atoms with van der Waals surface area (Å²) in [5.41, 5.74) is 8.38. The average Bonchev–Trinajstić information content (AvgIpc) is 3.04. The Labute approximate surface area is 188 Å². The molecule has 1 unspecified atom stereocenters. The highest BCUT2D eigenvalue weighted by Gasteiger charge is 2.19. The van der Waals surface area contributed by atoms with E-state index in [1.165, 1.54) is 0 Å². The highest BCUT2D eigenvalue weighted by atomic mass is 16.2. The second-order valence-electron chi connectivity index (χ2n) is 8.08. The van der Waals surface area contributed by atoms with Gasteiger partial charge in [-0.2, -0.15) is 0 Å². The first-order valence-electron chi connectivity index (χ1n) is 11.0. The number of benzene rings is 2. The minimum absolute atomic E-state index is 0.0429. The van der Waals surface area contributed by atoms with Gasteiger partial charge in [0.25, 0.3) is 0 Å². The number of hydrogen-bond donors (Lipinski definition) is 4. The summed E-state index contributed by atoms with van der Waals surface area (Å²) >= 11 is 0. The molecule has 32 heavy (non-hydrogen) atoms. The number of nitrogens with two attached hydrogens (primary N) is 1. The zero-order valence-electron chi connectivity index (χ0n) is 18.4. The van der Waals surface area contributed by atoms with Crippen LogP contribution >= 0.6 is 0 Å². The first-order chi connectivity index (χ1) is 15.4. The number of nitrogens with one attached hydrogen (secondary N) is 3. The second kappa shape index (κ2) is 11.2. The van der Waals surface area contributed by atoms with Crippen molar-refractivity contribution in [3.63, 3.8) is 0 Å². The molecule has 0 saturated carbocycles. The number of urea groups is 2. The maximum atomic E-state index is 12.6. The van der Waals surface area contributed by atoms with Crippen molar-refractivity contribution in [2.24, 2.45) is 5.73 Å². The van der Waals surface area contributed by atoms with E-state index in [9.17, 15) is 14.4 Å². The van der Waals surface area contributed by atoms with Crippen LogP contribution in [0, 0.1) is 6.92 Å². The molecular weight excluding hydrogens is 406 g/mol. The summed E-state index contributed by atoms with van der Waals surface area (Å²) in [7, 11) is 0. The van der Waals surface area contributed by atoms with Crippen LogP contribution in [0.2, 0.25) is 0 Å². The van der Waals surface area contributed by atoms with Gasteiger partial charge in [0.15, 0.2) is 0 Å². The zero-order chi connectivity index (χ0) is 22.9. The number of nitrogens with zero attached hydrogens (tertiary/aromatic N) is 1. The lowest BCUT2D eigenvalue weighted by molar-refractivity contribution is -0.116. The Bertz CT molecular complexity index is 937. The number of rotatable bonds is 6. The van der Waals surface area contributed by atoms with Crippen molar-refractivity contribution in [1.82, 2.24) is 10.2 Å². The maximum absolute atomic E-state index is 12.6. The number of anilines is 2. The SMILES string of the molecule is Cc1ccccc1C(CC(=O)Nc1ccc(NC(=O)N2CCCCCC2)cc1)NC(N)=O. The van der Waals surface area contributed by atoms with Crippen LogP contribution in [-0.4, -0.2) is 36.0 Å². The maximum Gasteiger partial charge on any atom is 0.321 e. The number of aryl methyl sites for hydroxylation is 1. The fourth-order valence-electron chi connectivity index (χ4n) is 3.90. The quantitative estimate of drug-likeness (QED) is 0.544. The van der Waals surface area contributed by atoms with Crippen LogP contribution in [0.5, 0.6) is 0 Å². The lowest BCUT2D eigenvalue weighted by Gasteiger charge is -2.21. The Morgan fingerprint density at radius 2 is 1.50 bits per heavy atom. The van der Waals surface area contributed by atoms with Crippen molar-refractivity contribution in [2.75, 3.05) is 23.7 Å². The van der Waals surface area contributed by atoms with Crippen molar-refractivity contribution in [1.29, 1.82) is 0 Å². The molecule has 1 heterocycles. The molecule has 0 aromatic heterocycles.